The van der Waals surface area contributed by atoms with Crippen molar-refractivity contribution in [3.63, 3.8) is 0 Å². The Balaban J connectivity index is 2.11. The van der Waals surface area contributed by atoms with Crippen LogP contribution in [0, 0.1) is 13.8 Å². The molecule has 2 aromatic rings. The largest absolute Gasteiger partial charge is 0.312 e. The number of thioether (sulfide) groups is 1. The van der Waals surface area contributed by atoms with E-state index in [4.69, 9.17) is 0 Å². The van der Waals surface area contributed by atoms with Crippen LogP contribution in [0.5, 0.6) is 0 Å². The topological polar surface area (TPSA) is 12.0 Å². The van der Waals surface area contributed by atoms with Gasteiger partial charge in [-0.15, -0.1) is 11.8 Å². The number of aryl methyl sites for hydroxylation is 2. The fourth-order valence-electron chi connectivity index (χ4n) is 2.28. The molecule has 0 radical (unpaired) electrons. The summed E-state index contributed by atoms with van der Waals surface area (Å²) in [6, 6.07) is 15.4. The first-order valence-corrected chi connectivity index (χ1v) is 8.51. The summed E-state index contributed by atoms with van der Waals surface area (Å²) < 4.78 is 1.17. The van der Waals surface area contributed by atoms with E-state index in [0.29, 0.717) is 6.04 Å². The summed E-state index contributed by atoms with van der Waals surface area (Å²) in [5.41, 5.74) is 4.06. The Bertz CT molecular complexity index is 583. The number of benzene rings is 2. The van der Waals surface area contributed by atoms with Gasteiger partial charge in [-0.2, -0.15) is 0 Å². The summed E-state index contributed by atoms with van der Waals surface area (Å²) in [7, 11) is 2.03. The maximum atomic E-state index is 3.61. The molecule has 0 aliphatic heterocycles. The molecule has 1 atom stereocenters. The van der Waals surface area contributed by atoms with Gasteiger partial charge in [-0.05, 0) is 60.1 Å². The van der Waals surface area contributed by atoms with Gasteiger partial charge in [0.1, 0.15) is 0 Å². The highest BCUT2D eigenvalue weighted by atomic mass is 79.9. The highest BCUT2D eigenvalue weighted by Gasteiger charge is 2.13. The van der Waals surface area contributed by atoms with Gasteiger partial charge in [-0.25, -0.2) is 0 Å². The first-order valence-electron chi connectivity index (χ1n) is 6.73. The Labute approximate surface area is 134 Å². The van der Waals surface area contributed by atoms with Crippen molar-refractivity contribution in [3.8, 4) is 0 Å². The van der Waals surface area contributed by atoms with Crippen LogP contribution >= 0.6 is 27.7 Å². The molecule has 0 spiro atoms. The number of nitrogens with one attached hydrogen (secondary N) is 1. The molecule has 20 heavy (non-hydrogen) atoms. The van der Waals surface area contributed by atoms with E-state index in [2.05, 4.69) is 71.5 Å². The molecule has 1 unspecified atom stereocenters. The van der Waals surface area contributed by atoms with E-state index in [1.54, 1.807) is 0 Å². The summed E-state index contributed by atoms with van der Waals surface area (Å²) in [4.78, 5) is 1.29. The lowest BCUT2D eigenvalue weighted by Gasteiger charge is -2.19. The van der Waals surface area contributed by atoms with Crippen molar-refractivity contribution in [3.05, 3.63) is 63.6 Å². The van der Waals surface area contributed by atoms with Crippen LogP contribution in [0.4, 0.5) is 0 Å². The zero-order valence-electron chi connectivity index (χ0n) is 12.1. The molecule has 0 heterocycles. The fourth-order valence-corrected chi connectivity index (χ4v) is 3.98. The second-order valence-corrected chi connectivity index (χ2v) is 6.86. The maximum Gasteiger partial charge on any atom is 0.0415 e. The predicted molar refractivity (Wildman–Crippen MR) is 92.6 cm³/mol. The van der Waals surface area contributed by atoms with E-state index in [-0.39, 0.29) is 0 Å². The average Bonchev–Trinajstić information content (AvgIpc) is 2.43. The van der Waals surface area contributed by atoms with Gasteiger partial charge in [0.2, 0.25) is 0 Å². The molecule has 0 amide bonds. The van der Waals surface area contributed by atoms with Crippen molar-refractivity contribution < 1.29 is 0 Å². The molecule has 1 N–H and O–H groups in total. The van der Waals surface area contributed by atoms with Crippen LogP contribution in [0.1, 0.15) is 22.7 Å². The molecule has 0 aliphatic carbocycles. The molecule has 0 saturated heterocycles. The van der Waals surface area contributed by atoms with Crippen LogP contribution in [-0.4, -0.2) is 12.8 Å². The van der Waals surface area contributed by atoms with Crippen molar-refractivity contribution in [2.24, 2.45) is 0 Å². The molecule has 0 aliphatic rings. The quantitative estimate of drug-likeness (QED) is 0.752. The SMILES string of the molecule is CNC(CSc1ccccc1Br)c1ccc(C)cc1C. The van der Waals surface area contributed by atoms with Crippen molar-refractivity contribution in [2.75, 3.05) is 12.8 Å². The third kappa shape index (κ3) is 3.87. The van der Waals surface area contributed by atoms with Gasteiger partial charge < -0.3 is 5.32 Å². The number of hydrogen-bond donors (Lipinski definition) is 1. The lowest BCUT2D eigenvalue weighted by atomic mass is 10.0. The lowest BCUT2D eigenvalue weighted by Crippen LogP contribution is -2.19. The molecule has 1 nitrogen and oxygen atoms in total. The van der Waals surface area contributed by atoms with Crippen molar-refractivity contribution in [2.45, 2.75) is 24.8 Å². The third-order valence-electron chi connectivity index (χ3n) is 3.39. The highest BCUT2D eigenvalue weighted by molar-refractivity contribution is 9.10. The van der Waals surface area contributed by atoms with Crippen LogP contribution in [-0.2, 0) is 0 Å². The lowest BCUT2D eigenvalue weighted by molar-refractivity contribution is 0.657. The van der Waals surface area contributed by atoms with Crippen LogP contribution in [0.3, 0.4) is 0 Å². The van der Waals surface area contributed by atoms with Crippen molar-refractivity contribution in [1.29, 1.82) is 0 Å². The molecule has 2 rings (SSSR count). The summed E-state index contributed by atoms with van der Waals surface area (Å²) in [5, 5.41) is 3.43. The first kappa shape index (κ1) is 15.6. The monoisotopic (exact) mass is 349 g/mol. The normalized spacial score (nSPS) is 12.4. The van der Waals surface area contributed by atoms with Gasteiger partial charge in [-0.1, -0.05) is 35.9 Å². The Hall–Kier alpha value is -0.770. The van der Waals surface area contributed by atoms with Gasteiger partial charge >= 0.3 is 0 Å². The zero-order valence-corrected chi connectivity index (χ0v) is 14.5. The third-order valence-corrected chi connectivity index (χ3v) is 5.51. The zero-order chi connectivity index (χ0) is 14.5. The summed E-state index contributed by atoms with van der Waals surface area (Å²) >= 11 is 5.49. The van der Waals surface area contributed by atoms with E-state index in [1.165, 1.54) is 26.1 Å². The van der Waals surface area contributed by atoms with E-state index >= 15 is 0 Å². The van der Waals surface area contributed by atoms with Gasteiger partial charge in [0.15, 0.2) is 0 Å². The summed E-state index contributed by atoms with van der Waals surface area (Å²) in [5.74, 6) is 1.02. The second kappa shape index (κ2) is 7.30. The maximum absolute atomic E-state index is 3.61. The van der Waals surface area contributed by atoms with Crippen LogP contribution < -0.4 is 5.32 Å². The van der Waals surface area contributed by atoms with Gasteiger partial charge in [0.25, 0.3) is 0 Å². The molecule has 3 heteroatoms. The molecule has 2 aromatic carbocycles. The highest BCUT2D eigenvalue weighted by Crippen LogP contribution is 2.31. The Morgan fingerprint density at radius 2 is 1.90 bits per heavy atom. The number of hydrogen-bond acceptors (Lipinski definition) is 2. The van der Waals surface area contributed by atoms with Gasteiger partial charge in [0.05, 0.1) is 0 Å². The van der Waals surface area contributed by atoms with Crippen LogP contribution in [0.25, 0.3) is 0 Å². The number of rotatable bonds is 5. The number of halogens is 1. The van der Waals surface area contributed by atoms with E-state index in [1.807, 2.05) is 24.9 Å². The molecule has 0 saturated carbocycles. The smallest absolute Gasteiger partial charge is 0.0415 e. The minimum absolute atomic E-state index is 0.368. The molecule has 0 bridgehead atoms. The van der Waals surface area contributed by atoms with Crippen molar-refractivity contribution in [1.82, 2.24) is 5.32 Å². The van der Waals surface area contributed by atoms with E-state index in [9.17, 15) is 0 Å². The summed E-state index contributed by atoms with van der Waals surface area (Å²) in [6.45, 7) is 4.33. The molecular formula is C17H20BrNS. The summed E-state index contributed by atoms with van der Waals surface area (Å²) in [6.07, 6.45) is 0. The Morgan fingerprint density at radius 3 is 2.55 bits per heavy atom. The molecular weight excluding hydrogens is 330 g/mol. The van der Waals surface area contributed by atoms with E-state index < -0.39 is 0 Å². The minimum atomic E-state index is 0.368. The standard InChI is InChI=1S/C17H20BrNS/c1-12-8-9-14(13(2)10-12)16(19-3)11-20-17-7-5-4-6-15(17)18/h4-10,16,19H,11H2,1-3H3. The second-order valence-electron chi connectivity index (χ2n) is 4.94. The molecule has 0 fully saturated rings. The van der Waals surface area contributed by atoms with E-state index in [0.717, 1.165) is 5.75 Å². The van der Waals surface area contributed by atoms with Gasteiger partial charge in [-0.3, -0.25) is 0 Å². The first-order chi connectivity index (χ1) is 9.61. The molecule has 106 valence electrons. The van der Waals surface area contributed by atoms with Crippen LogP contribution in [0.15, 0.2) is 51.8 Å². The Morgan fingerprint density at radius 1 is 1.15 bits per heavy atom. The molecule has 0 aromatic heterocycles. The predicted octanol–water partition coefficient (Wildman–Crippen LogP) is 5.12. The average molecular weight is 350 g/mol. The Kier molecular flexibility index (Phi) is 5.70. The minimum Gasteiger partial charge on any atom is -0.312 e. The fraction of sp³-hybridized carbons (Fsp3) is 0.294. The van der Waals surface area contributed by atoms with Crippen molar-refractivity contribution >= 4 is 27.7 Å². The van der Waals surface area contributed by atoms with Gasteiger partial charge in [0, 0.05) is 21.2 Å². The van der Waals surface area contributed by atoms with Crippen LogP contribution in [0.2, 0.25) is 0 Å².